The van der Waals surface area contributed by atoms with Crippen LogP contribution < -0.4 is 0 Å². The number of aromatic nitrogens is 4. The lowest BCUT2D eigenvalue weighted by Crippen LogP contribution is -2.27. The summed E-state index contributed by atoms with van der Waals surface area (Å²) in [5.41, 5.74) is 2.05. The van der Waals surface area contributed by atoms with Crippen LogP contribution in [0.1, 0.15) is 24.4 Å². The largest absolute Gasteiger partial charge is 0.341 e. The van der Waals surface area contributed by atoms with Crippen LogP contribution in [-0.4, -0.2) is 43.4 Å². The average Bonchev–Trinajstić information content (AvgIpc) is 3.47. The van der Waals surface area contributed by atoms with Gasteiger partial charge in [0.05, 0.1) is 5.75 Å². The number of hydrogen-bond acceptors (Lipinski definition) is 5. The van der Waals surface area contributed by atoms with E-state index in [1.54, 1.807) is 17.3 Å². The Hall–Kier alpha value is -2.19. The molecule has 2 aromatic heterocycles. The first kappa shape index (κ1) is 19.1. The number of amides is 1. The van der Waals surface area contributed by atoms with Gasteiger partial charge in [-0.3, -0.25) is 14.3 Å². The molecular weight excluding hydrogens is 438 g/mol. The smallest absolute Gasteiger partial charge is 0.233 e. The Morgan fingerprint density at radius 2 is 2.04 bits per heavy atom. The second-order valence-electron chi connectivity index (χ2n) is 6.81. The minimum absolute atomic E-state index is 0.0705. The molecule has 1 aliphatic carbocycles. The second-order valence-corrected chi connectivity index (χ2v) is 8.67. The van der Waals surface area contributed by atoms with Gasteiger partial charge in [-0.25, -0.2) is 0 Å². The third kappa shape index (κ3) is 4.44. The Kier molecular flexibility index (Phi) is 5.77. The highest BCUT2D eigenvalue weighted by molar-refractivity contribution is 9.10. The van der Waals surface area contributed by atoms with E-state index in [9.17, 15) is 4.79 Å². The molecule has 1 aliphatic rings. The van der Waals surface area contributed by atoms with Crippen molar-refractivity contribution in [3.05, 3.63) is 58.8 Å². The van der Waals surface area contributed by atoms with Crippen LogP contribution >= 0.6 is 27.7 Å². The molecule has 6 nitrogen and oxygen atoms in total. The molecule has 28 heavy (non-hydrogen) atoms. The lowest BCUT2D eigenvalue weighted by atomic mass is 10.2. The first-order valence-electron chi connectivity index (χ1n) is 9.08. The molecule has 0 spiro atoms. The van der Waals surface area contributed by atoms with E-state index in [1.165, 1.54) is 11.8 Å². The van der Waals surface area contributed by atoms with Gasteiger partial charge < -0.3 is 4.90 Å². The van der Waals surface area contributed by atoms with Crippen molar-refractivity contribution in [1.82, 2.24) is 24.6 Å². The molecule has 1 amide bonds. The summed E-state index contributed by atoms with van der Waals surface area (Å²) in [6, 6.07) is 12.3. The molecular formula is C20H20BrN5OS. The summed E-state index contributed by atoms with van der Waals surface area (Å²) in [6.07, 6.45) is 5.79. The molecule has 1 saturated carbocycles. The highest BCUT2D eigenvalue weighted by Crippen LogP contribution is 2.40. The van der Waals surface area contributed by atoms with E-state index in [1.807, 2.05) is 43.4 Å². The SMILES string of the molecule is CN(Cc1ccc(Br)cc1)C(=O)CSc1nnc(-c2cccnc2)n1C1CC1. The standard InChI is InChI=1S/C20H20BrN5OS/c1-25(12-14-4-6-16(21)7-5-14)18(27)13-28-20-24-23-19(26(20)17-8-9-17)15-3-2-10-22-11-15/h2-7,10-11,17H,8-9,12-13H2,1H3. The van der Waals surface area contributed by atoms with E-state index in [0.717, 1.165) is 39.4 Å². The quantitative estimate of drug-likeness (QED) is 0.497. The van der Waals surface area contributed by atoms with Gasteiger partial charge in [-0.05, 0) is 42.7 Å². The number of benzene rings is 1. The van der Waals surface area contributed by atoms with Crippen molar-refractivity contribution < 1.29 is 4.79 Å². The number of carbonyl (C=O) groups is 1. The molecule has 1 fully saturated rings. The summed E-state index contributed by atoms with van der Waals surface area (Å²) in [5.74, 6) is 1.24. The summed E-state index contributed by atoms with van der Waals surface area (Å²) in [5, 5.41) is 9.52. The molecule has 0 N–H and O–H groups in total. The first-order chi connectivity index (χ1) is 13.6. The molecule has 0 aliphatic heterocycles. The van der Waals surface area contributed by atoms with Gasteiger partial charge in [0, 0.05) is 42.1 Å². The molecule has 0 radical (unpaired) electrons. The van der Waals surface area contributed by atoms with Crippen LogP contribution in [0, 0.1) is 0 Å². The van der Waals surface area contributed by atoms with Gasteiger partial charge in [-0.1, -0.05) is 39.8 Å². The van der Waals surface area contributed by atoms with Gasteiger partial charge in [-0.2, -0.15) is 0 Å². The van der Waals surface area contributed by atoms with Gasteiger partial charge in [0.1, 0.15) is 0 Å². The number of pyridine rings is 1. The normalized spacial score (nSPS) is 13.5. The van der Waals surface area contributed by atoms with Crippen molar-refractivity contribution in [2.45, 2.75) is 30.6 Å². The van der Waals surface area contributed by atoms with Gasteiger partial charge in [-0.15, -0.1) is 10.2 Å². The molecule has 0 saturated heterocycles. The first-order valence-corrected chi connectivity index (χ1v) is 10.9. The van der Waals surface area contributed by atoms with Crippen LogP contribution in [0.5, 0.6) is 0 Å². The van der Waals surface area contributed by atoms with Crippen LogP contribution in [0.15, 0.2) is 58.4 Å². The molecule has 3 aromatic rings. The van der Waals surface area contributed by atoms with Crippen LogP contribution in [-0.2, 0) is 11.3 Å². The van der Waals surface area contributed by atoms with E-state index >= 15 is 0 Å². The third-order valence-electron chi connectivity index (χ3n) is 4.58. The maximum atomic E-state index is 12.6. The zero-order valence-corrected chi connectivity index (χ0v) is 17.9. The van der Waals surface area contributed by atoms with Crippen molar-refractivity contribution in [2.24, 2.45) is 0 Å². The Labute approximate surface area is 176 Å². The van der Waals surface area contributed by atoms with Crippen molar-refractivity contribution in [3.63, 3.8) is 0 Å². The number of nitrogens with zero attached hydrogens (tertiary/aromatic N) is 5. The van der Waals surface area contributed by atoms with Crippen molar-refractivity contribution in [1.29, 1.82) is 0 Å². The predicted molar refractivity (Wildman–Crippen MR) is 113 cm³/mol. The van der Waals surface area contributed by atoms with Crippen LogP contribution in [0.4, 0.5) is 0 Å². The maximum absolute atomic E-state index is 12.6. The fourth-order valence-electron chi connectivity index (χ4n) is 2.92. The highest BCUT2D eigenvalue weighted by Gasteiger charge is 2.30. The summed E-state index contributed by atoms with van der Waals surface area (Å²) < 4.78 is 3.19. The van der Waals surface area contributed by atoms with Gasteiger partial charge in [0.15, 0.2) is 11.0 Å². The summed E-state index contributed by atoms with van der Waals surface area (Å²) in [4.78, 5) is 18.5. The molecule has 8 heteroatoms. The fourth-order valence-corrected chi connectivity index (χ4v) is 4.13. The van der Waals surface area contributed by atoms with Crippen LogP contribution in [0.3, 0.4) is 0 Å². The molecule has 144 valence electrons. The molecule has 1 aromatic carbocycles. The van der Waals surface area contributed by atoms with Crippen molar-refractivity contribution in [2.75, 3.05) is 12.8 Å². The van der Waals surface area contributed by atoms with Gasteiger partial charge in [0.2, 0.25) is 5.91 Å². The highest BCUT2D eigenvalue weighted by atomic mass is 79.9. The minimum Gasteiger partial charge on any atom is -0.341 e. The summed E-state index contributed by atoms with van der Waals surface area (Å²) >= 11 is 4.88. The molecule has 2 heterocycles. The third-order valence-corrected chi connectivity index (χ3v) is 6.04. The number of thioether (sulfide) groups is 1. The second kappa shape index (κ2) is 8.45. The maximum Gasteiger partial charge on any atom is 0.233 e. The minimum atomic E-state index is 0.0705. The number of carbonyl (C=O) groups excluding carboxylic acids is 1. The van der Waals surface area contributed by atoms with Crippen molar-refractivity contribution >= 4 is 33.6 Å². The molecule has 4 rings (SSSR count). The lowest BCUT2D eigenvalue weighted by molar-refractivity contribution is -0.127. The van der Waals surface area contributed by atoms with Crippen molar-refractivity contribution in [3.8, 4) is 11.4 Å². The Morgan fingerprint density at radius 3 is 2.71 bits per heavy atom. The van der Waals surface area contributed by atoms with E-state index in [2.05, 4.69) is 35.7 Å². The zero-order chi connectivity index (χ0) is 19.5. The number of hydrogen-bond donors (Lipinski definition) is 0. The molecule has 0 atom stereocenters. The Bertz CT molecular complexity index is 956. The van der Waals surface area contributed by atoms with Crippen LogP contribution in [0.25, 0.3) is 11.4 Å². The molecule has 0 unspecified atom stereocenters. The average molecular weight is 458 g/mol. The number of rotatable bonds is 7. The summed E-state index contributed by atoms with van der Waals surface area (Å²) in [7, 11) is 1.83. The van der Waals surface area contributed by atoms with E-state index in [0.29, 0.717) is 18.3 Å². The zero-order valence-electron chi connectivity index (χ0n) is 15.5. The van der Waals surface area contributed by atoms with Gasteiger partial charge in [0.25, 0.3) is 0 Å². The van der Waals surface area contributed by atoms with Gasteiger partial charge >= 0.3 is 0 Å². The lowest BCUT2D eigenvalue weighted by Gasteiger charge is -2.17. The predicted octanol–water partition coefficient (Wildman–Crippen LogP) is 4.19. The fraction of sp³-hybridized carbons (Fsp3) is 0.300. The Balaban J connectivity index is 1.42. The molecule has 0 bridgehead atoms. The Morgan fingerprint density at radius 1 is 1.25 bits per heavy atom. The summed E-state index contributed by atoms with van der Waals surface area (Å²) in [6.45, 7) is 0.586. The monoisotopic (exact) mass is 457 g/mol. The number of halogens is 1. The van der Waals surface area contributed by atoms with E-state index in [-0.39, 0.29) is 5.91 Å². The van der Waals surface area contributed by atoms with Crippen LogP contribution in [0.2, 0.25) is 0 Å². The van der Waals surface area contributed by atoms with E-state index in [4.69, 9.17) is 0 Å². The van der Waals surface area contributed by atoms with E-state index < -0.39 is 0 Å². The topological polar surface area (TPSA) is 63.9 Å².